The third-order valence-corrected chi connectivity index (χ3v) is 5.70. The summed E-state index contributed by atoms with van der Waals surface area (Å²) < 4.78 is 11.5. The molecule has 3 heterocycles. The first-order valence-electron chi connectivity index (χ1n) is 10.3. The Hall–Kier alpha value is -4.19. The molecule has 0 radical (unpaired) electrons. The normalized spacial score (nSPS) is 11.2. The number of aromatic nitrogens is 1. The standard InChI is InChI=1S/C26H20N2O4/c1-15-18-12-20-21(17-8-4-3-5-9-17)14-31-24(20)16(2)25(18)32-26(30)19(15)13-23(29)28-22-10-6-7-11-27-22/h3-12,14H,13H2,1-2H3,(H,27,28,29). The number of rotatable bonds is 4. The summed E-state index contributed by atoms with van der Waals surface area (Å²) in [5.41, 5.74) is 4.43. The molecule has 3 aromatic heterocycles. The lowest BCUT2D eigenvalue weighted by molar-refractivity contribution is -0.115. The molecule has 0 bridgehead atoms. The fourth-order valence-electron chi connectivity index (χ4n) is 4.03. The van der Waals surface area contributed by atoms with E-state index in [9.17, 15) is 9.59 Å². The highest BCUT2D eigenvalue weighted by Gasteiger charge is 2.20. The number of pyridine rings is 1. The minimum atomic E-state index is -0.525. The van der Waals surface area contributed by atoms with Crippen LogP contribution in [-0.2, 0) is 11.2 Å². The van der Waals surface area contributed by atoms with Crippen molar-refractivity contribution in [2.45, 2.75) is 20.3 Å². The van der Waals surface area contributed by atoms with Crippen molar-refractivity contribution in [1.29, 1.82) is 0 Å². The van der Waals surface area contributed by atoms with Crippen LogP contribution in [0.2, 0.25) is 0 Å². The Morgan fingerprint density at radius 3 is 2.50 bits per heavy atom. The van der Waals surface area contributed by atoms with E-state index in [1.54, 1.807) is 30.7 Å². The molecule has 6 nitrogen and oxygen atoms in total. The smallest absolute Gasteiger partial charge is 0.340 e. The Morgan fingerprint density at radius 1 is 0.969 bits per heavy atom. The van der Waals surface area contributed by atoms with Gasteiger partial charge in [-0.25, -0.2) is 9.78 Å². The van der Waals surface area contributed by atoms with Gasteiger partial charge in [0, 0.05) is 28.1 Å². The lowest BCUT2D eigenvalue weighted by atomic mass is 9.97. The van der Waals surface area contributed by atoms with Crippen LogP contribution in [0.3, 0.4) is 0 Å². The quantitative estimate of drug-likeness (QED) is 0.391. The molecule has 1 N–H and O–H groups in total. The van der Waals surface area contributed by atoms with Crippen molar-refractivity contribution < 1.29 is 13.6 Å². The van der Waals surface area contributed by atoms with Gasteiger partial charge in [0.2, 0.25) is 5.91 Å². The zero-order valence-corrected chi connectivity index (χ0v) is 17.6. The van der Waals surface area contributed by atoms with Gasteiger partial charge in [0.15, 0.2) is 0 Å². The minimum absolute atomic E-state index is 0.102. The number of carbonyl (C=O) groups excluding carboxylic acids is 1. The lowest BCUT2D eigenvalue weighted by Crippen LogP contribution is -2.21. The van der Waals surface area contributed by atoms with E-state index in [0.717, 1.165) is 33.0 Å². The van der Waals surface area contributed by atoms with Crippen molar-refractivity contribution in [3.63, 3.8) is 0 Å². The van der Waals surface area contributed by atoms with Crippen molar-refractivity contribution in [3.05, 3.63) is 94.2 Å². The van der Waals surface area contributed by atoms with Crippen LogP contribution in [0.5, 0.6) is 0 Å². The topological polar surface area (TPSA) is 85.3 Å². The first-order valence-corrected chi connectivity index (χ1v) is 10.3. The maximum absolute atomic E-state index is 12.8. The van der Waals surface area contributed by atoms with Gasteiger partial charge in [0.25, 0.3) is 0 Å². The Bertz CT molecular complexity index is 1520. The molecule has 5 aromatic rings. The summed E-state index contributed by atoms with van der Waals surface area (Å²) in [6.45, 7) is 3.72. The van der Waals surface area contributed by atoms with Crippen LogP contribution in [-0.4, -0.2) is 10.9 Å². The number of carbonyl (C=O) groups is 1. The molecule has 6 heteroatoms. The van der Waals surface area contributed by atoms with E-state index in [1.807, 2.05) is 50.2 Å². The molecule has 0 fully saturated rings. The third-order valence-electron chi connectivity index (χ3n) is 5.70. The largest absolute Gasteiger partial charge is 0.463 e. The first-order chi connectivity index (χ1) is 15.5. The molecule has 0 unspecified atom stereocenters. The summed E-state index contributed by atoms with van der Waals surface area (Å²) in [4.78, 5) is 29.4. The van der Waals surface area contributed by atoms with Gasteiger partial charge in [-0.15, -0.1) is 0 Å². The highest BCUT2D eigenvalue weighted by molar-refractivity contribution is 6.05. The van der Waals surface area contributed by atoms with Gasteiger partial charge >= 0.3 is 5.63 Å². The molecule has 0 atom stereocenters. The van der Waals surface area contributed by atoms with Crippen LogP contribution in [0, 0.1) is 13.8 Å². The monoisotopic (exact) mass is 424 g/mol. The highest BCUT2D eigenvalue weighted by Crippen LogP contribution is 2.37. The van der Waals surface area contributed by atoms with E-state index in [-0.39, 0.29) is 12.3 Å². The number of fused-ring (bicyclic) bond motifs is 2. The molecule has 0 aliphatic heterocycles. The Morgan fingerprint density at radius 2 is 1.75 bits per heavy atom. The Kier molecular flexibility index (Phi) is 4.82. The van der Waals surface area contributed by atoms with Crippen molar-refractivity contribution >= 4 is 33.7 Å². The molecule has 0 aliphatic rings. The molecule has 0 saturated heterocycles. The van der Waals surface area contributed by atoms with Crippen molar-refractivity contribution in [3.8, 4) is 11.1 Å². The maximum atomic E-state index is 12.8. The number of amides is 1. The number of nitrogens with zero attached hydrogens (tertiary/aromatic N) is 1. The minimum Gasteiger partial charge on any atom is -0.463 e. The first kappa shape index (κ1) is 19.8. The molecule has 32 heavy (non-hydrogen) atoms. The van der Waals surface area contributed by atoms with E-state index in [0.29, 0.717) is 22.5 Å². The fraction of sp³-hybridized carbons (Fsp3) is 0.115. The van der Waals surface area contributed by atoms with E-state index >= 15 is 0 Å². The van der Waals surface area contributed by atoms with Crippen molar-refractivity contribution in [1.82, 2.24) is 4.98 Å². The molecule has 5 rings (SSSR count). The van der Waals surface area contributed by atoms with E-state index in [4.69, 9.17) is 8.83 Å². The van der Waals surface area contributed by atoms with Gasteiger partial charge in [0.05, 0.1) is 18.2 Å². The summed E-state index contributed by atoms with van der Waals surface area (Å²) >= 11 is 0. The van der Waals surface area contributed by atoms with Gasteiger partial charge in [-0.1, -0.05) is 36.4 Å². The number of benzene rings is 2. The fourth-order valence-corrected chi connectivity index (χ4v) is 4.03. The van der Waals surface area contributed by atoms with Crippen molar-refractivity contribution in [2.24, 2.45) is 0 Å². The van der Waals surface area contributed by atoms with Crippen LogP contribution in [0.1, 0.15) is 16.7 Å². The summed E-state index contributed by atoms with van der Waals surface area (Å²) in [5, 5.41) is 4.43. The Balaban J connectivity index is 1.62. The number of nitrogens with one attached hydrogen (secondary N) is 1. The van der Waals surface area contributed by atoms with Crippen molar-refractivity contribution in [2.75, 3.05) is 5.32 Å². The van der Waals surface area contributed by atoms with Crippen LogP contribution in [0.4, 0.5) is 5.82 Å². The average Bonchev–Trinajstić information content (AvgIpc) is 3.23. The second kappa shape index (κ2) is 7.81. The highest BCUT2D eigenvalue weighted by atomic mass is 16.4. The maximum Gasteiger partial charge on any atom is 0.340 e. The van der Waals surface area contributed by atoms with Gasteiger partial charge in [-0.2, -0.15) is 0 Å². The number of anilines is 1. The molecule has 0 aliphatic carbocycles. The van der Waals surface area contributed by atoms with Gasteiger partial charge in [0.1, 0.15) is 17.0 Å². The Labute approximate surface area is 183 Å². The van der Waals surface area contributed by atoms with E-state index < -0.39 is 5.63 Å². The molecule has 0 saturated carbocycles. The second-order valence-corrected chi connectivity index (χ2v) is 7.70. The van der Waals surface area contributed by atoms with Crippen LogP contribution >= 0.6 is 0 Å². The van der Waals surface area contributed by atoms with E-state index in [1.165, 1.54) is 0 Å². The van der Waals surface area contributed by atoms with Crippen LogP contribution < -0.4 is 10.9 Å². The predicted molar refractivity (Wildman–Crippen MR) is 124 cm³/mol. The molecule has 2 aromatic carbocycles. The van der Waals surface area contributed by atoms with Gasteiger partial charge < -0.3 is 14.2 Å². The van der Waals surface area contributed by atoms with Gasteiger partial charge in [-0.05, 0) is 43.2 Å². The number of hydrogen-bond acceptors (Lipinski definition) is 5. The number of aryl methyl sites for hydroxylation is 2. The number of hydrogen-bond donors (Lipinski definition) is 1. The SMILES string of the molecule is Cc1c(CC(=O)Nc2ccccn2)c(=O)oc2c(C)c3occ(-c4ccccc4)c3cc12. The molecule has 1 amide bonds. The average molecular weight is 424 g/mol. The molecular formula is C26H20N2O4. The zero-order chi connectivity index (χ0) is 22.2. The third kappa shape index (κ3) is 3.36. The molecule has 158 valence electrons. The molecular weight excluding hydrogens is 404 g/mol. The van der Waals surface area contributed by atoms with Gasteiger partial charge in [-0.3, -0.25) is 4.79 Å². The second-order valence-electron chi connectivity index (χ2n) is 7.70. The van der Waals surface area contributed by atoms with E-state index in [2.05, 4.69) is 10.3 Å². The van der Waals surface area contributed by atoms with Crippen LogP contribution in [0.15, 0.2) is 80.7 Å². The summed E-state index contributed by atoms with van der Waals surface area (Å²) in [7, 11) is 0. The number of furan rings is 1. The van der Waals surface area contributed by atoms with Crippen LogP contribution in [0.25, 0.3) is 33.1 Å². The predicted octanol–water partition coefficient (Wildman–Crippen LogP) is 5.40. The summed E-state index contributed by atoms with van der Waals surface area (Å²) in [5.74, 6) is 0.105. The zero-order valence-electron chi connectivity index (χ0n) is 17.6. The molecule has 0 spiro atoms. The summed E-state index contributed by atoms with van der Waals surface area (Å²) in [6.07, 6.45) is 3.21. The summed E-state index contributed by atoms with van der Waals surface area (Å²) in [6, 6.07) is 17.2. The lowest BCUT2D eigenvalue weighted by Gasteiger charge is -2.10.